The Morgan fingerprint density at radius 2 is 2.13 bits per heavy atom. The summed E-state index contributed by atoms with van der Waals surface area (Å²) in [5, 5.41) is 2.28. The molecule has 0 spiro atoms. The number of carbonyl (C=O) groups excluding carboxylic acids is 1. The van der Waals surface area contributed by atoms with Crippen molar-refractivity contribution in [3.05, 3.63) is 58.4 Å². The average molecular weight is 319 g/mol. The number of benzene rings is 1. The minimum Gasteiger partial charge on any atom is -0.348 e. The Morgan fingerprint density at radius 3 is 2.78 bits per heavy atom. The van der Waals surface area contributed by atoms with Gasteiger partial charge in [0.2, 0.25) is 0 Å². The van der Waals surface area contributed by atoms with E-state index in [9.17, 15) is 14.0 Å². The molecule has 0 bridgehead atoms. The number of rotatable bonds is 3. The van der Waals surface area contributed by atoms with E-state index in [4.69, 9.17) is 9.47 Å². The first-order valence-corrected chi connectivity index (χ1v) is 6.97. The number of nitrogens with one attached hydrogen (secondary N) is 1. The molecular weight excluding hydrogens is 305 g/mol. The van der Waals surface area contributed by atoms with Gasteiger partial charge in [0, 0.05) is 5.56 Å². The van der Waals surface area contributed by atoms with E-state index in [0.29, 0.717) is 5.56 Å². The summed E-state index contributed by atoms with van der Waals surface area (Å²) in [4.78, 5) is 27.6. The third kappa shape index (κ3) is 3.27. The van der Waals surface area contributed by atoms with E-state index in [1.54, 1.807) is 37.3 Å². The molecule has 0 radical (unpaired) electrons. The van der Waals surface area contributed by atoms with Crippen LogP contribution in [0.4, 0.5) is 10.2 Å². The molecule has 120 valence electrons. The molecule has 1 amide bonds. The lowest BCUT2D eigenvalue weighted by Crippen LogP contribution is -2.30. The number of hydrogen-bond acceptors (Lipinski definition) is 5. The van der Waals surface area contributed by atoms with Gasteiger partial charge in [-0.05, 0) is 19.1 Å². The van der Waals surface area contributed by atoms with Crippen molar-refractivity contribution in [2.75, 3.05) is 11.9 Å². The third-order valence-corrected chi connectivity index (χ3v) is 3.31. The van der Waals surface area contributed by atoms with E-state index in [2.05, 4.69) is 10.3 Å². The summed E-state index contributed by atoms with van der Waals surface area (Å²) in [6.07, 6.45) is -0.270. The Morgan fingerprint density at radius 1 is 1.39 bits per heavy atom. The minimum atomic E-state index is -0.836. The van der Waals surface area contributed by atoms with Crippen molar-refractivity contribution in [1.82, 2.24) is 9.55 Å². The van der Waals surface area contributed by atoms with Gasteiger partial charge < -0.3 is 14.8 Å². The van der Waals surface area contributed by atoms with Gasteiger partial charge in [-0.25, -0.2) is 9.18 Å². The lowest BCUT2D eigenvalue weighted by Gasteiger charge is -2.13. The van der Waals surface area contributed by atoms with E-state index >= 15 is 0 Å². The van der Waals surface area contributed by atoms with Gasteiger partial charge in [0.1, 0.15) is 0 Å². The molecule has 2 aromatic rings. The lowest BCUT2D eigenvalue weighted by atomic mass is 10.2. The highest BCUT2D eigenvalue weighted by atomic mass is 19.1. The first kappa shape index (κ1) is 15.3. The normalized spacial score (nSPS) is 20.4. The Balaban J connectivity index is 1.83. The summed E-state index contributed by atoms with van der Waals surface area (Å²) in [5.74, 6) is -1.81. The summed E-state index contributed by atoms with van der Waals surface area (Å²) >= 11 is 0. The average Bonchev–Trinajstić information content (AvgIpc) is 2.97. The van der Waals surface area contributed by atoms with Crippen molar-refractivity contribution in [2.24, 2.45) is 0 Å². The smallest absolute Gasteiger partial charge is 0.348 e. The number of hydrogen-bond donors (Lipinski definition) is 1. The van der Waals surface area contributed by atoms with E-state index in [1.165, 1.54) is 0 Å². The summed E-state index contributed by atoms with van der Waals surface area (Å²) in [5.41, 5.74) is -0.406. The Bertz CT molecular complexity index is 778. The molecule has 0 aliphatic carbocycles. The van der Waals surface area contributed by atoms with E-state index < -0.39 is 35.7 Å². The predicted octanol–water partition coefficient (Wildman–Crippen LogP) is 1.53. The maximum absolute atomic E-state index is 14.1. The van der Waals surface area contributed by atoms with Crippen LogP contribution < -0.4 is 11.0 Å². The number of aromatic nitrogens is 2. The van der Waals surface area contributed by atoms with E-state index in [0.717, 1.165) is 10.8 Å². The van der Waals surface area contributed by atoms with Crippen molar-refractivity contribution >= 4 is 11.7 Å². The molecule has 2 atom stereocenters. The highest BCUT2D eigenvalue weighted by molar-refractivity contribution is 6.03. The second-order valence-corrected chi connectivity index (χ2v) is 4.94. The third-order valence-electron chi connectivity index (χ3n) is 3.31. The fourth-order valence-corrected chi connectivity index (χ4v) is 2.17. The van der Waals surface area contributed by atoms with E-state index in [1.807, 2.05) is 0 Å². The molecule has 2 heterocycles. The topological polar surface area (TPSA) is 82.5 Å². The Kier molecular flexibility index (Phi) is 4.18. The van der Waals surface area contributed by atoms with Crippen LogP contribution in [0.5, 0.6) is 0 Å². The lowest BCUT2D eigenvalue weighted by molar-refractivity contribution is -0.0581. The predicted molar refractivity (Wildman–Crippen MR) is 78.4 cm³/mol. The molecule has 1 N–H and O–H groups in total. The molecule has 1 aliphatic heterocycles. The summed E-state index contributed by atoms with van der Waals surface area (Å²) in [7, 11) is 0. The minimum absolute atomic E-state index is 0.123. The van der Waals surface area contributed by atoms with Crippen molar-refractivity contribution in [3.63, 3.8) is 0 Å². The number of nitrogens with zero attached hydrogens (tertiary/aromatic N) is 2. The van der Waals surface area contributed by atoms with Crippen LogP contribution in [-0.2, 0) is 9.47 Å². The van der Waals surface area contributed by atoms with Crippen LogP contribution in [0.15, 0.2) is 41.3 Å². The standard InChI is InChI=1S/C15H14FN3O4/c1-9-22-8-12(23-9)19-7-11(16)13(18-15(19)21)17-14(20)10-5-3-2-4-6-10/h2-7,9,12H,8H2,1H3,(H,17,18,20,21)/t9-,12+/m0/s1. The Hall–Kier alpha value is -2.58. The summed E-state index contributed by atoms with van der Waals surface area (Å²) < 4.78 is 25.6. The number of ether oxygens (including phenoxy) is 2. The molecule has 23 heavy (non-hydrogen) atoms. The zero-order valence-electron chi connectivity index (χ0n) is 12.2. The molecule has 0 unspecified atom stereocenters. The molecule has 1 aromatic heterocycles. The van der Waals surface area contributed by atoms with Gasteiger partial charge in [-0.1, -0.05) is 18.2 Å². The van der Waals surface area contributed by atoms with Gasteiger partial charge in [-0.2, -0.15) is 4.98 Å². The second kappa shape index (κ2) is 6.27. The summed E-state index contributed by atoms with van der Waals surface area (Å²) in [6, 6.07) is 8.24. The van der Waals surface area contributed by atoms with E-state index in [-0.39, 0.29) is 6.61 Å². The van der Waals surface area contributed by atoms with Crippen LogP contribution in [0, 0.1) is 5.82 Å². The quantitative estimate of drug-likeness (QED) is 0.927. The van der Waals surface area contributed by atoms with Gasteiger partial charge in [-0.3, -0.25) is 9.36 Å². The van der Waals surface area contributed by atoms with Gasteiger partial charge in [0.05, 0.1) is 12.8 Å². The zero-order valence-corrected chi connectivity index (χ0v) is 12.2. The molecule has 3 rings (SSSR count). The van der Waals surface area contributed by atoms with Crippen LogP contribution in [0.3, 0.4) is 0 Å². The molecule has 0 saturated carbocycles. The number of halogens is 1. The molecule has 1 aliphatic rings. The van der Waals surface area contributed by atoms with Gasteiger partial charge >= 0.3 is 5.69 Å². The maximum Gasteiger partial charge on any atom is 0.351 e. The van der Waals surface area contributed by atoms with Crippen molar-refractivity contribution in [1.29, 1.82) is 0 Å². The fraction of sp³-hybridized carbons (Fsp3) is 0.267. The monoisotopic (exact) mass is 319 g/mol. The molecule has 1 aromatic carbocycles. The van der Waals surface area contributed by atoms with Crippen LogP contribution in [0.25, 0.3) is 0 Å². The molecular formula is C15H14FN3O4. The first-order valence-electron chi connectivity index (χ1n) is 6.97. The number of amides is 1. The van der Waals surface area contributed by atoms with Gasteiger partial charge in [0.25, 0.3) is 5.91 Å². The number of carbonyl (C=O) groups is 1. The van der Waals surface area contributed by atoms with Crippen LogP contribution in [0.2, 0.25) is 0 Å². The van der Waals surface area contributed by atoms with Crippen LogP contribution in [0.1, 0.15) is 23.5 Å². The molecule has 1 saturated heterocycles. The molecule has 1 fully saturated rings. The largest absolute Gasteiger partial charge is 0.351 e. The van der Waals surface area contributed by atoms with Gasteiger partial charge in [-0.15, -0.1) is 0 Å². The van der Waals surface area contributed by atoms with Crippen LogP contribution >= 0.6 is 0 Å². The van der Waals surface area contributed by atoms with Crippen molar-refractivity contribution < 1.29 is 18.7 Å². The van der Waals surface area contributed by atoms with Crippen LogP contribution in [-0.4, -0.2) is 28.4 Å². The summed E-state index contributed by atoms with van der Waals surface area (Å²) in [6.45, 7) is 1.79. The maximum atomic E-state index is 14.1. The molecule has 8 heteroatoms. The zero-order chi connectivity index (χ0) is 16.4. The van der Waals surface area contributed by atoms with Gasteiger partial charge in [0.15, 0.2) is 24.2 Å². The SMILES string of the molecule is C[C@H]1OC[C@H](n2cc(F)c(NC(=O)c3ccccc3)nc2=O)O1. The molecule has 7 nitrogen and oxygen atoms in total. The number of anilines is 1. The van der Waals surface area contributed by atoms with Crippen molar-refractivity contribution in [2.45, 2.75) is 19.4 Å². The highest BCUT2D eigenvalue weighted by Crippen LogP contribution is 2.20. The van der Waals surface area contributed by atoms with Crippen molar-refractivity contribution in [3.8, 4) is 0 Å². The second-order valence-electron chi connectivity index (χ2n) is 4.94. The Labute approximate surface area is 130 Å². The highest BCUT2D eigenvalue weighted by Gasteiger charge is 2.26. The fourth-order valence-electron chi connectivity index (χ4n) is 2.17. The first-order chi connectivity index (χ1) is 11.0.